The van der Waals surface area contributed by atoms with Gasteiger partial charge in [-0.05, 0) is 58.2 Å². The summed E-state index contributed by atoms with van der Waals surface area (Å²) in [5, 5.41) is 0. The summed E-state index contributed by atoms with van der Waals surface area (Å²) in [6.45, 7) is 1.41. The average molecular weight is 463 g/mol. The summed E-state index contributed by atoms with van der Waals surface area (Å²) in [4.78, 5) is 36.8. The molecule has 0 aromatic carbocycles. The zero-order valence-electron chi connectivity index (χ0n) is 18.2. The van der Waals surface area contributed by atoms with E-state index in [1.165, 1.54) is 0 Å². The molecule has 3 atom stereocenters. The van der Waals surface area contributed by atoms with Crippen molar-refractivity contribution in [1.82, 2.24) is 0 Å². The van der Waals surface area contributed by atoms with Crippen LogP contribution in [-0.2, 0) is 25.7 Å². The number of carbonyl (C=O) groups excluding carboxylic acids is 3. The van der Waals surface area contributed by atoms with E-state index >= 15 is 0 Å². The Morgan fingerprint density at radius 2 is 0.806 bits per heavy atom. The summed E-state index contributed by atoms with van der Waals surface area (Å²) >= 11 is -3.56. The molecule has 0 bridgehead atoms. The summed E-state index contributed by atoms with van der Waals surface area (Å²) in [5.74, 6) is -2.49. The first-order valence-corrected chi connectivity index (χ1v) is 12.2. The second kappa shape index (κ2) is 18.3. The number of hydrogen-bond donors (Lipinski definition) is 6. The average Bonchev–Trinajstić information content (AvgIpc) is 2.73. The lowest BCUT2D eigenvalue weighted by Crippen LogP contribution is -2.46. The van der Waals surface area contributed by atoms with Crippen molar-refractivity contribution in [3.63, 3.8) is 0 Å². The Labute approximate surface area is 189 Å². The molecule has 0 aliphatic heterocycles. The zero-order valence-corrected chi connectivity index (χ0v) is 19.4. The fraction of sp³-hybridized carbons (Fsp3) is 0.833. The molecule has 0 fully saturated rings. The van der Waals surface area contributed by atoms with E-state index in [-0.39, 0.29) is 0 Å². The number of rotatable bonds is 18. The topological polar surface area (TPSA) is 235 Å². The largest absolute Gasteiger partial charge is 1.20 e. The third-order valence-electron chi connectivity index (χ3n) is 4.45. The molecule has 0 amide bonds. The van der Waals surface area contributed by atoms with Crippen LogP contribution in [0.1, 0.15) is 57.8 Å². The Bertz CT molecular complexity index is 458. The van der Waals surface area contributed by atoms with Gasteiger partial charge < -0.3 is 45.8 Å². The molecule has 0 saturated carbocycles. The molecule has 0 aliphatic carbocycles. The number of unbranched alkanes of at least 4 members (excludes halogenated alkanes) is 3. The maximum atomic E-state index is 12.3. The van der Waals surface area contributed by atoms with Crippen LogP contribution in [0.25, 0.3) is 0 Å². The molecule has 0 aliphatic rings. The highest BCUT2D eigenvalue weighted by molar-refractivity contribution is 6.44. The van der Waals surface area contributed by atoms with E-state index in [4.69, 9.17) is 45.8 Å². The van der Waals surface area contributed by atoms with Crippen LogP contribution in [0, 0.1) is 0 Å². The lowest BCUT2D eigenvalue weighted by molar-refractivity contribution is -0.149. The van der Waals surface area contributed by atoms with Gasteiger partial charge >= 0.3 is 15.1 Å². The van der Waals surface area contributed by atoms with E-state index in [0.717, 1.165) is 0 Å². The molecule has 0 heterocycles. The minimum Gasteiger partial charge on any atom is -0.550 e. The molecule has 31 heavy (non-hydrogen) atoms. The van der Waals surface area contributed by atoms with Crippen molar-refractivity contribution in [2.75, 3.05) is 19.6 Å². The molecule has 0 unspecified atom stereocenters. The van der Waals surface area contributed by atoms with Crippen molar-refractivity contribution in [2.24, 2.45) is 34.4 Å². The molecular formula is C18H39AlN6O6. The summed E-state index contributed by atoms with van der Waals surface area (Å²) in [7, 11) is 0. The Balaban J connectivity index is 4.96. The van der Waals surface area contributed by atoms with Gasteiger partial charge in [0.15, 0.2) is 0 Å². The molecule has 13 heteroatoms. The second-order valence-corrected chi connectivity index (χ2v) is 8.56. The lowest BCUT2D eigenvalue weighted by atomic mass is 10.1. The summed E-state index contributed by atoms with van der Waals surface area (Å²) in [5.41, 5.74) is 33.7. The number of hydrogen-bond acceptors (Lipinski definition) is 12. The second-order valence-electron chi connectivity index (χ2n) is 7.27. The smallest absolute Gasteiger partial charge is 0.550 e. The first-order chi connectivity index (χ1) is 14.8. The molecule has 0 aromatic heterocycles. The van der Waals surface area contributed by atoms with E-state index in [9.17, 15) is 14.4 Å². The molecular weight excluding hydrogens is 423 g/mol. The molecule has 12 N–H and O–H groups in total. The van der Waals surface area contributed by atoms with Gasteiger partial charge in [0.2, 0.25) is 0 Å². The fourth-order valence-corrected chi connectivity index (χ4v) is 3.74. The summed E-state index contributed by atoms with van der Waals surface area (Å²) in [6.07, 6.45) is 4.94. The Hall–Kier alpha value is -1.30. The molecule has 12 nitrogen and oxygen atoms in total. The van der Waals surface area contributed by atoms with Gasteiger partial charge in [-0.15, -0.1) is 0 Å². The monoisotopic (exact) mass is 462 g/mol. The third kappa shape index (κ3) is 14.4. The molecule has 0 spiro atoms. The third-order valence-corrected chi connectivity index (χ3v) is 5.73. The highest BCUT2D eigenvalue weighted by Gasteiger charge is 2.50. The van der Waals surface area contributed by atoms with Crippen LogP contribution in [0.3, 0.4) is 0 Å². The number of nitrogens with two attached hydrogens (primary N) is 6. The summed E-state index contributed by atoms with van der Waals surface area (Å²) in [6, 6.07) is -2.89. The lowest BCUT2D eigenvalue weighted by Gasteiger charge is -2.19. The Morgan fingerprint density at radius 3 is 1.03 bits per heavy atom. The fourth-order valence-electron chi connectivity index (χ4n) is 2.50. The van der Waals surface area contributed by atoms with Crippen molar-refractivity contribution in [3.05, 3.63) is 0 Å². The minimum absolute atomic E-state index is 0.330. The van der Waals surface area contributed by atoms with Crippen molar-refractivity contribution < 1.29 is 25.7 Å². The van der Waals surface area contributed by atoms with Crippen LogP contribution >= 0.6 is 0 Å². The van der Waals surface area contributed by atoms with Gasteiger partial charge in [0.05, 0.1) is 18.1 Å². The summed E-state index contributed by atoms with van der Waals surface area (Å²) < 4.78 is 15.4. The van der Waals surface area contributed by atoms with Gasteiger partial charge in [-0.1, -0.05) is 19.3 Å². The predicted octanol–water partition coefficient (Wildman–Crippen LogP) is -2.03. The van der Waals surface area contributed by atoms with Crippen LogP contribution in [0.15, 0.2) is 0 Å². The van der Waals surface area contributed by atoms with Gasteiger partial charge in [-0.25, -0.2) is 0 Å². The Morgan fingerprint density at radius 1 is 0.548 bits per heavy atom. The van der Waals surface area contributed by atoms with Gasteiger partial charge in [-0.3, -0.25) is 14.4 Å². The number of carbonyl (C=O) groups is 3. The highest BCUT2D eigenvalue weighted by Crippen LogP contribution is 2.08. The van der Waals surface area contributed by atoms with Crippen LogP contribution in [0.4, 0.5) is 0 Å². The van der Waals surface area contributed by atoms with Gasteiger partial charge in [-0.2, -0.15) is 0 Å². The maximum absolute atomic E-state index is 12.3. The van der Waals surface area contributed by atoms with Gasteiger partial charge in [0.1, 0.15) is 0 Å². The van der Waals surface area contributed by atoms with E-state index in [1.54, 1.807) is 0 Å². The van der Waals surface area contributed by atoms with E-state index in [1.807, 2.05) is 0 Å². The highest BCUT2D eigenvalue weighted by atomic mass is 27.3. The SMILES string of the molecule is NCCCC[C@H](N)C(=O)[O][Al]([O]C(=O)[C@@H](N)CCCCN)[O]C(=O)[C@@H](N)CCCCN. The minimum atomic E-state index is -3.56. The van der Waals surface area contributed by atoms with Crippen molar-refractivity contribution in [2.45, 2.75) is 75.9 Å². The molecule has 180 valence electrons. The molecule has 0 rings (SSSR count). The molecule has 0 radical (unpaired) electrons. The first kappa shape index (κ1) is 29.7. The van der Waals surface area contributed by atoms with E-state index in [2.05, 4.69) is 0 Å². The predicted molar refractivity (Wildman–Crippen MR) is 117 cm³/mol. The van der Waals surface area contributed by atoms with Crippen molar-refractivity contribution in [1.29, 1.82) is 0 Å². The Kier molecular flexibility index (Phi) is 17.5. The van der Waals surface area contributed by atoms with Crippen LogP contribution in [-0.4, -0.2) is 70.8 Å². The van der Waals surface area contributed by atoms with Gasteiger partial charge in [0.25, 0.3) is 17.9 Å². The van der Waals surface area contributed by atoms with Crippen molar-refractivity contribution in [3.8, 4) is 0 Å². The normalized spacial score (nSPS) is 13.7. The van der Waals surface area contributed by atoms with Gasteiger partial charge in [0, 0.05) is 0 Å². The molecule has 0 saturated heterocycles. The zero-order chi connectivity index (χ0) is 23.6. The van der Waals surface area contributed by atoms with Crippen LogP contribution in [0.5, 0.6) is 0 Å². The maximum Gasteiger partial charge on any atom is 1.20 e. The van der Waals surface area contributed by atoms with E-state index in [0.29, 0.717) is 77.4 Å². The standard InChI is InChI=1S/3C6H14N2O2.Al/c3*7-4-2-1-3-5(8)6(9)10;/h3*5H,1-4,7-8H2,(H,9,10);/q;;;+3/p-3/t3*5-;/m000./s1. The first-order valence-electron chi connectivity index (χ1n) is 10.7. The molecule has 0 aromatic rings. The van der Waals surface area contributed by atoms with E-state index < -0.39 is 51.2 Å². The van der Waals surface area contributed by atoms with Crippen LogP contribution in [0.2, 0.25) is 0 Å². The van der Waals surface area contributed by atoms with Crippen molar-refractivity contribution >= 4 is 33.1 Å². The van der Waals surface area contributed by atoms with Crippen LogP contribution < -0.4 is 34.4 Å². The quantitative estimate of drug-likeness (QED) is 0.0955.